The second-order valence-electron chi connectivity index (χ2n) is 4.62. The second kappa shape index (κ2) is 6.85. The Kier molecular flexibility index (Phi) is 5.38. The number of aliphatic carboxylic acids is 2. The molecule has 1 rings (SSSR count). The van der Waals surface area contributed by atoms with Crippen molar-refractivity contribution in [2.45, 2.75) is 38.8 Å². The van der Waals surface area contributed by atoms with Crippen LogP contribution in [0.2, 0.25) is 0 Å². The van der Waals surface area contributed by atoms with Crippen LogP contribution in [-0.2, 0) is 9.59 Å². The first-order valence-electron chi connectivity index (χ1n) is 6.61. The second-order valence-corrected chi connectivity index (χ2v) is 4.62. The van der Waals surface area contributed by atoms with E-state index in [9.17, 15) is 29.2 Å². The molecular weight excluding hydrogens is 314 g/mol. The van der Waals surface area contributed by atoms with Crippen molar-refractivity contribution in [3.05, 3.63) is 25.7 Å². The van der Waals surface area contributed by atoms with Crippen LogP contribution >= 0.6 is 0 Å². The zero-order chi connectivity index (χ0) is 17.9. The minimum absolute atomic E-state index is 0.164. The van der Waals surface area contributed by atoms with E-state index in [4.69, 9.17) is 10.2 Å². The highest BCUT2D eigenvalue weighted by Crippen LogP contribution is 2.25. The minimum atomic E-state index is -1.63. The standard InChI is InChI=1S/C12H15N3O8/c1-3-5(10(18)19)14-8(16)7(13-23)9(17)15(12(14)22)6(4-2)11(20)21/h5-6,16H,3-4H2,1-2H3,(H,18,19)(H,20,21). The van der Waals surface area contributed by atoms with Crippen molar-refractivity contribution in [3.8, 4) is 5.88 Å². The van der Waals surface area contributed by atoms with E-state index in [-0.39, 0.29) is 22.0 Å². The topological polar surface area (TPSA) is 168 Å². The Labute approximate surface area is 128 Å². The van der Waals surface area contributed by atoms with Gasteiger partial charge >= 0.3 is 17.6 Å². The first kappa shape index (κ1) is 18.1. The average Bonchev–Trinajstić information content (AvgIpc) is 2.47. The maximum absolute atomic E-state index is 12.4. The van der Waals surface area contributed by atoms with Gasteiger partial charge in [-0.05, 0) is 18.0 Å². The van der Waals surface area contributed by atoms with Gasteiger partial charge in [0.2, 0.25) is 11.6 Å². The summed E-state index contributed by atoms with van der Waals surface area (Å²) in [5.74, 6) is -4.24. The molecule has 126 valence electrons. The number of aromatic nitrogens is 2. The van der Waals surface area contributed by atoms with Gasteiger partial charge in [-0.1, -0.05) is 13.8 Å². The Morgan fingerprint density at radius 2 is 1.48 bits per heavy atom. The smallest absolute Gasteiger partial charge is 0.335 e. The van der Waals surface area contributed by atoms with Gasteiger partial charge in [-0.15, -0.1) is 4.91 Å². The third-order valence-corrected chi connectivity index (χ3v) is 3.33. The zero-order valence-corrected chi connectivity index (χ0v) is 12.3. The van der Waals surface area contributed by atoms with Crippen LogP contribution in [0, 0.1) is 4.91 Å². The number of carboxylic acid groups (broad SMARTS) is 2. The van der Waals surface area contributed by atoms with E-state index in [0.717, 1.165) is 0 Å². The molecule has 0 aliphatic carbocycles. The molecule has 0 saturated heterocycles. The van der Waals surface area contributed by atoms with Crippen LogP contribution in [0.3, 0.4) is 0 Å². The Morgan fingerprint density at radius 3 is 1.83 bits per heavy atom. The lowest BCUT2D eigenvalue weighted by Crippen LogP contribution is -2.46. The molecule has 1 heterocycles. The highest BCUT2D eigenvalue weighted by Gasteiger charge is 2.31. The van der Waals surface area contributed by atoms with Crippen LogP contribution in [0.15, 0.2) is 14.8 Å². The molecule has 3 N–H and O–H groups in total. The van der Waals surface area contributed by atoms with Gasteiger partial charge in [0.05, 0.1) is 0 Å². The molecule has 0 spiro atoms. The van der Waals surface area contributed by atoms with Crippen LogP contribution in [0.4, 0.5) is 5.69 Å². The van der Waals surface area contributed by atoms with Crippen molar-refractivity contribution in [3.63, 3.8) is 0 Å². The van der Waals surface area contributed by atoms with Crippen molar-refractivity contribution in [1.29, 1.82) is 0 Å². The highest BCUT2D eigenvalue weighted by atomic mass is 16.4. The van der Waals surface area contributed by atoms with Gasteiger partial charge in [-0.3, -0.25) is 4.79 Å². The van der Waals surface area contributed by atoms with E-state index < -0.39 is 46.8 Å². The molecule has 2 unspecified atom stereocenters. The molecule has 0 aromatic carbocycles. The number of carboxylic acids is 2. The molecule has 23 heavy (non-hydrogen) atoms. The third-order valence-electron chi connectivity index (χ3n) is 3.33. The van der Waals surface area contributed by atoms with E-state index >= 15 is 0 Å². The Morgan fingerprint density at radius 1 is 1.04 bits per heavy atom. The summed E-state index contributed by atoms with van der Waals surface area (Å²) in [6, 6.07) is -3.23. The van der Waals surface area contributed by atoms with Gasteiger partial charge in [0.25, 0.3) is 5.56 Å². The largest absolute Gasteiger partial charge is 0.493 e. The predicted molar refractivity (Wildman–Crippen MR) is 76.0 cm³/mol. The molecule has 1 aromatic rings. The molecule has 0 aliphatic rings. The van der Waals surface area contributed by atoms with Crippen molar-refractivity contribution in [2.24, 2.45) is 5.18 Å². The lowest BCUT2D eigenvalue weighted by molar-refractivity contribution is -0.141. The molecule has 0 fully saturated rings. The van der Waals surface area contributed by atoms with Gasteiger partial charge in [0.1, 0.15) is 12.1 Å². The first-order valence-corrected chi connectivity index (χ1v) is 6.61. The van der Waals surface area contributed by atoms with Crippen LogP contribution in [0.25, 0.3) is 0 Å². The molecule has 1 aromatic heterocycles. The molecule has 0 radical (unpaired) electrons. The van der Waals surface area contributed by atoms with Gasteiger partial charge in [0, 0.05) is 0 Å². The lowest BCUT2D eigenvalue weighted by atomic mass is 10.2. The predicted octanol–water partition coefficient (Wildman–Crippen LogP) is 0.185. The lowest BCUT2D eigenvalue weighted by Gasteiger charge is -2.20. The number of hydrogen-bond donors (Lipinski definition) is 3. The fourth-order valence-electron chi connectivity index (χ4n) is 2.19. The number of rotatable bonds is 7. The van der Waals surface area contributed by atoms with E-state index in [1.807, 2.05) is 0 Å². The van der Waals surface area contributed by atoms with Crippen molar-refractivity contribution < 1.29 is 24.9 Å². The van der Waals surface area contributed by atoms with Crippen LogP contribution in [-0.4, -0.2) is 36.4 Å². The van der Waals surface area contributed by atoms with Gasteiger partial charge < -0.3 is 15.3 Å². The molecular formula is C12H15N3O8. The average molecular weight is 329 g/mol. The van der Waals surface area contributed by atoms with Crippen LogP contribution in [0.5, 0.6) is 5.88 Å². The summed E-state index contributed by atoms with van der Waals surface area (Å²) in [6.45, 7) is 2.77. The summed E-state index contributed by atoms with van der Waals surface area (Å²) in [7, 11) is 0. The summed E-state index contributed by atoms with van der Waals surface area (Å²) < 4.78 is 0.496. The molecule has 11 nitrogen and oxygen atoms in total. The monoisotopic (exact) mass is 329 g/mol. The normalized spacial score (nSPS) is 13.3. The van der Waals surface area contributed by atoms with Crippen molar-refractivity contribution in [2.75, 3.05) is 0 Å². The van der Waals surface area contributed by atoms with E-state index in [1.165, 1.54) is 13.8 Å². The number of carbonyl (C=O) groups is 2. The number of aromatic hydroxyl groups is 1. The first-order chi connectivity index (χ1) is 10.7. The van der Waals surface area contributed by atoms with E-state index in [0.29, 0.717) is 0 Å². The highest BCUT2D eigenvalue weighted by molar-refractivity contribution is 5.73. The van der Waals surface area contributed by atoms with Gasteiger partial charge in [-0.25, -0.2) is 23.5 Å². The number of nitroso groups, excluding NO2 is 1. The zero-order valence-electron chi connectivity index (χ0n) is 12.3. The molecule has 0 aliphatic heterocycles. The summed E-state index contributed by atoms with van der Waals surface area (Å²) >= 11 is 0. The Balaban J connectivity index is 3.98. The van der Waals surface area contributed by atoms with Crippen LogP contribution in [0.1, 0.15) is 38.8 Å². The molecule has 11 heteroatoms. The Hall–Kier alpha value is -2.98. The van der Waals surface area contributed by atoms with Crippen LogP contribution < -0.4 is 11.2 Å². The Bertz CT molecular complexity index is 763. The summed E-state index contributed by atoms with van der Waals surface area (Å²) in [4.78, 5) is 57.7. The van der Waals surface area contributed by atoms with Crippen molar-refractivity contribution in [1.82, 2.24) is 9.13 Å². The van der Waals surface area contributed by atoms with E-state index in [2.05, 4.69) is 5.18 Å². The molecule has 0 bridgehead atoms. The van der Waals surface area contributed by atoms with Crippen molar-refractivity contribution >= 4 is 17.6 Å². The minimum Gasteiger partial charge on any atom is -0.493 e. The summed E-state index contributed by atoms with van der Waals surface area (Å²) in [6.07, 6.45) is -0.347. The quantitative estimate of drug-likeness (QED) is 0.595. The van der Waals surface area contributed by atoms with E-state index in [1.54, 1.807) is 0 Å². The molecule has 0 amide bonds. The summed E-state index contributed by atoms with van der Waals surface area (Å²) in [5, 5.41) is 30.4. The fraction of sp³-hybridized carbons (Fsp3) is 0.500. The van der Waals surface area contributed by atoms with Gasteiger partial charge in [-0.2, -0.15) is 0 Å². The summed E-state index contributed by atoms with van der Waals surface area (Å²) in [5.41, 5.74) is -3.86. The maximum atomic E-state index is 12.4. The fourth-order valence-corrected chi connectivity index (χ4v) is 2.19. The number of hydrogen-bond acceptors (Lipinski definition) is 7. The number of nitrogens with zero attached hydrogens (tertiary/aromatic N) is 3. The maximum Gasteiger partial charge on any atom is 0.335 e. The SMILES string of the molecule is CCC(C(=O)O)n1c(O)c(N=O)c(=O)n(C(CC)C(=O)O)c1=O. The third kappa shape index (κ3) is 2.98. The molecule has 2 atom stereocenters. The van der Waals surface area contributed by atoms with Gasteiger partial charge in [0.15, 0.2) is 0 Å². The molecule has 0 saturated carbocycles.